The van der Waals surface area contributed by atoms with Crippen molar-refractivity contribution in [3.8, 4) is 0 Å². The molecule has 4 nitrogen and oxygen atoms in total. The number of para-hydroxylation sites is 1. The highest BCUT2D eigenvalue weighted by Gasteiger charge is 2.11. The van der Waals surface area contributed by atoms with Gasteiger partial charge in [-0.25, -0.2) is 9.37 Å². The third kappa shape index (κ3) is 2.61. The molecule has 2 rings (SSSR count). The zero-order valence-electron chi connectivity index (χ0n) is 10.7. The second-order valence-corrected chi connectivity index (χ2v) is 4.70. The summed E-state index contributed by atoms with van der Waals surface area (Å²) < 4.78 is 20.8. The van der Waals surface area contributed by atoms with Crippen LogP contribution in [0.15, 0.2) is 18.2 Å². The quantitative estimate of drug-likeness (QED) is 0.830. The Morgan fingerprint density at radius 3 is 2.94 bits per heavy atom. The van der Waals surface area contributed by atoms with Crippen LogP contribution in [0.3, 0.4) is 0 Å². The molecule has 0 saturated heterocycles. The predicted octanol–water partition coefficient (Wildman–Crippen LogP) is 2.43. The molecule has 0 fully saturated rings. The molecule has 2 N–H and O–H groups in total. The van der Waals surface area contributed by atoms with Gasteiger partial charge in [-0.05, 0) is 18.1 Å². The highest BCUT2D eigenvalue weighted by atomic mass is 19.1. The number of aromatic nitrogens is 2. The van der Waals surface area contributed by atoms with Gasteiger partial charge < -0.3 is 15.0 Å². The number of rotatable bonds is 5. The topological polar surface area (TPSA) is 53.1 Å². The van der Waals surface area contributed by atoms with E-state index in [1.54, 1.807) is 10.6 Å². The Bertz CT molecular complexity index is 536. The second kappa shape index (κ2) is 5.35. The molecule has 18 heavy (non-hydrogen) atoms. The van der Waals surface area contributed by atoms with Gasteiger partial charge in [-0.1, -0.05) is 19.9 Å². The van der Waals surface area contributed by atoms with Gasteiger partial charge in [0.05, 0.1) is 12.1 Å². The molecule has 0 bridgehead atoms. The fourth-order valence-electron chi connectivity index (χ4n) is 1.84. The van der Waals surface area contributed by atoms with E-state index in [0.717, 1.165) is 0 Å². The van der Waals surface area contributed by atoms with Gasteiger partial charge in [-0.3, -0.25) is 0 Å². The van der Waals surface area contributed by atoms with Crippen molar-refractivity contribution in [3.05, 3.63) is 24.0 Å². The minimum atomic E-state index is -0.346. The lowest BCUT2D eigenvalue weighted by atomic mass is 10.2. The first-order valence-electron chi connectivity index (χ1n) is 6.07. The third-order valence-electron chi connectivity index (χ3n) is 2.67. The second-order valence-electron chi connectivity index (χ2n) is 4.70. The molecule has 0 aliphatic heterocycles. The Morgan fingerprint density at radius 1 is 1.44 bits per heavy atom. The highest BCUT2D eigenvalue weighted by Crippen LogP contribution is 2.20. The smallest absolute Gasteiger partial charge is 0.201 e. The van der Waals surface area contributed by atoms with Crippen LogP contribution in [0.5, 0.6) is 0 Å². The van der Waals surface area contributed by atoms with Crippen molar-refractivity contribution >= 4 is 17.0 Å². The van der Waals surface area contributed by atoms with Crippen molar-refractivity contribution in [2.45, 2.75) is 20.4 Å². The van der Waals surface area contributed by atoms with E-state index in [-0.39, 0.29) is 5.82 Å². The number of hydrogen-bond donors (Lipinski definition) is 1. The molecular weight excluding hydrogens is 233 g/mol. The van der Waals surface area contributed by atoms with Crippen LogP contribution in [0.1, 0.15) is 13.8 Å². The minimum Gasteiger partial charge on any atom is -0.379 e. The number of nitrogen functional groups attached to an aromatic ring is 1. The van der Waals surface area contributed by atoms with Crippen LogP contribution in [-0.4, -0.2) is 22.8 Å². The number of halogens is 1. The van der Waals surface area contributed by atoms with E-state index in [9.17, 15) is 4.39 Å². The molecule has 2 aromatic rings. The number of benzene rings is 1. The lowest BCUT2D eigenvalue weighted by Crippen LogP contribution is -2.11. The molecule has 0 saturated carbocycles. The van der Waals surface area contributed by atoms with Gasteiger partial charge >= 0.3 is 0 Å². The Morgan fingerprint density at radius 2 is 2.22 bits per heavy atom. The van der Waals surface area contributed by atoms with Gasteiger partial charge in [0.1, 0.15) is 5.52 Å². The monoisotopic (exact) mass is 251 g/mol. The molecular formula is C13H18FN3O. The summed E-state index contributed by atoms with van der Waals surface area (Å²) in [5.41, 5.74) is 6.82. The van der Waals surface area contributed by atoms with Crippen LogP contribution in [0, 0.1) is 11.7 Å². The minimum absolute atomic E-state index is 0.318. The Kier molecular flexibility index (Phi) is 3.81. The normalized spacial score (nSPS) is 11.6. The van der Waals surface area contributed by atoms with Gasteiger partial charge in [0.15, 0.2) is 5.82 Å². The van der Waals surface area contributed by atoms with E-state index in [2.05, 4.69) is 18.8 Å². The van der Waals surface area contributed by atoms with Crippen LogP contribution in [0.4, 0.5) is 10.3 Å². The summed E-state index contributed by atoms with van der Waals surface area (Å²) in [7, 11) is 0. The van der Waals surface area contributed by atoms with Crippen LogP contribution < -0.4 is 5.73 Å². The first-order valence-corrected chi connectivity index (χ1v) is 6.07. The van der Waals surface area contributed by atoms with E-state index in [0.29, 0.717) is 42.7 Å². The standard InChI is InChI=1S/C13H18FN3O/c1-9(2)8-18-7-6-17-11-5-3-4-10(14)12(11)16-13(17)15/h3-5,9H,6-8H2,1-2H3,(H2,15,16). The van der Waals surface area contributed by atoms with E-state index in [1.165, 1.54) is 6.07 Å². The number of nitrogens with zero attached hydrogens (tertiary/aromatic N) is 2. The molecule has 1 aromatic heterocycles. The Labute approximate surface area is 106 Å². The summed E-state index contributed by atoms with van der Waals surface area (Å²) in [6.07, 6.45) is 0. The maximum absolute atomic E-state index is 13.5. The van der Waals surface area contributed by atoms with Crippen molar-refractivity contribution in [2.24, 2.45) is 5.92 Å². The number of imidazole rings is 1. The van der Waals surface area contributed by atoms with Crippen LogP contribution in [0.2, 0.25) is 0 Å². The van der Waals surface area contributed by atoms with Gasteiger partial charge in [-0.15, -0.1) is 0 Å². The molecule has 0 unspecified atom stereocenters. The summed E-state index contributed by atoms with van der Waals surface area (Å²) in [6, 6.07) is 4.85. The summed E-state index contributed by atoms with van der Waals surface area (Å²) in [6.45, 7) is 6.02. The summed E-state index contributed by atoms with van der Waals surface area (Å²) >= 11 is 0. The molecule has 0 amide bonds. The Hall–Kier alpha value is -1.62. The van der Waals surface area contributed by atoms with Crippen molar-refractivity contribution in [1.29, 1.82) is 0 Å². The van der Waals surface area contributed by atoms with Gasteiger partial charge in [0.2, 0.25) is 5.95 Å². The van der Waals surface area contributed by atoms with Crippen molar-refractivity contribution in [1.82, 2.24) is 9.55 Å². The van der Waals surface area contributed by atoms with Gasteiger partial charge in [0.25, 0.3) is 0 Å². The molecule has 0 spiro atoms. The lowest BCUT2D eigenvalue weighted by Gasteiger charge is -2.09. The van der Waals surface area contributed by atoms with E-state index in [1.807, 2.05) is 6.07 Å². The maximum atomic E-state index is 13.5. The SMILES string of the molecule is CC(C)COCCn1c(N)nc2c(F)cccc21. The van der Waals surface area contributed by atoms with Crippen molar-refractivity contribution < 1.29 is 9.13 Å². The van der Waals surface area contributed by atoms with E-state index < -0.39 is 0 Å². The average Bonchev–Trinajstić information content (AvgIpc) is 2.63. The molecule has 0 radical (unpaired) electrons. The summed E-state index contributed by atoms with van der Waals surface area (Å²) in [5, 5.41) is 0. The van der Waals surface area contributed by atoms with Crippen LogP contribution in [-0.2, 0) is 11.3 Å². The first-order chi connectivity index (χ1) is 8.59. The molecule has 98 valence electrons. The van der Waals surface area contributed by atoms with Crippen molar-refractivity contribution in [2.75, 3.05) is 18.9 Å². The molecule has 0 atom stereocenters. The van der Waals surface area contributed by atoms with Crippen molar-refractivity contribution in [3.63, 3.8) is 0 Å². The fourth-order valence-corrected chi connectivity index (χ4v) is 1.84. The average molecular weight is 251 g/mol. The molecule has 1 aromatic carbocycles. The summed E-state index contributed by atoms with van der Waals surface area (Å²) in [4.78, 5) is 4.04. The van der Waals surface area contributed by atoms with E-state index in [4.69, 9.17) is 10.5 Å². The number of ether oxygens (including phenoxy) is 1. The third-order valence-corrected chi connectivity index (χ3v) is 2.67. The Balaban J connectivity index is 2.13. The number of fused-ring (bicyclic) bond motifs is 1. The number of hydrogen-bond acceptors (Lipinski definition) is 3. The zero-order chi connectivity index (χ0) is 13.1. The fraction of sp³-hybridized carbons (Fsp3) is 0.462. The van der Waals surface area contributed by atoms with Crippen LogP contribution >= 0.6 is 0 Å². The molecule has 0 aliphatic rings. The number of nitrogens with two attached hydrogens (primary N) is 1. The van der Waals surface area contributed by atoms with E-state index >= 15 is 0 Å². The van der Waals surface area contributed by atoms with Gasteiger partial charge in [-0.2, -0.15) is 0 Å². The predicted molar refractivity (Wildman–Crippen MR) is 69.8 cm³/mol. The maximum Gasteiger partial charge on any atom is 0.201 e. The molecule has 1 heterocycles. The lowest BCUT2D eigenvalue weighted by molar-refractivity contribution is 0.104. The van der Waals surface area contributed by atoms with Crippen LogP contribution in [0.25, 0.3) is 11.0 Å². The zero-order valence-corrected chi connectivity index (χ0v) is 10.7. The first kappa shape index (κ1) is 12.8. The highest BCUT2D eigenvalue weighted by molar-refractivity contribution is 5.78. The molecule has 5 heteroatoms. The number of anilines is 1. The van der Waals surface area contributed by atoms with Gasteiger partial charge in [0, 0.05) is 13.2 Å². The summed E-state index contributed by atoms with van der Waals surface area (Å²) in [5.74, 6) is 0.476. The largest absolute Gasteiger partial charge is 0.379 e. The molecule has 0 aliphatic carbocycles.